The van der Waals surface area contributed by atoms with Gasteiger partial charge in [-0.1, -0.05) is 11.6 Å². The van der Waals surface area contributed by atoms with E-state index < -0.39 is 5.97 Å². The third-order valence-electron chi connectivity index (χ3n) is 3.56. The van der Waals surface area contributed by atoms with Gasteiger partial charge in [0, 0.05) is 0 Å². The molecule has 0 N–H and O–H groups in total. The van der Waals surface area contributed by atoms with Crippen molar-refractivity contribution in [2.75, 3.05) is 20.5 Å². The fraction of sp³-hybridized carbons (Fsp3) is 0.278. The lowest BCUT2D eigenvalue weighted by Gasteiger charge is -2.11. The van der Waals surface area contributed by atoms with E-state index in [1.165, 1.54) is 0 Å². The normalized spacial score (nSPS) is 12.0. The maximum Gasteiger partial charge on any atom is 0.338 e. The van der Waals surface area contributed by atoms with Crippen LogP contribution in [0.4, 0.5) is 0 Å². The fourth-order valence-corrected chi connectivity index (χ4v) is 2.70. The van der Waals surface area contributed by atoms with Crippen LogP contribution in [0.5, 0.6) is 23.0 Å². The molecule has 25 heavy (non-hydrogen) atoms. The Morgan fingerprint density at radius 3 is 2.80 bits per heavy atom. The van der Waals surface area contributed by atoms with Gasteiger partial charge in [0.15, 0.2) is 23.0 Å². The molecule has 3 rings (SSSR count). The molecule has 1 heterocycles. The van der Waals surface area contributed by atoms with Crippen molar-refractivity contribution in [3.05, 3.63) is 46.5 Å². The number of ether oxygens (including phenoxy) is 5. The van der Waals surface area contributed by atoms with Gasteiger partial charge in [-0.15, -0.1) is 0 Å². The minimum Gasteiger partial charge on any atom is -0.493 e. The van der Waals surface area contributed by atoms with Crippen molar-refractivity contribution >= 4 is 17.6 Å². The first-order valence-electron chi connectivity index (χ1n) is 7.68. The van der Waals surface area contributed by atoms with E-state index in [0.717, 1.165) is 0 Å². The third kappa shape index (κ3) is 3.74. The largest absolute Gasteiger partial charge is 0.493 e. The number of hydrogen-bond acceptors (Lipinski definition) is 6. The maximum absolute atomic E-state index is 12.3. The van der Waals surface area contributed by atoms with Crippen LogP contribution < -0.4 is 18.9 Å². The van der Waals surface area contributed by atoms with E-state index in [9.17, 15) is 4.79 Å². The monoisotopic (exact) mass is 364 g/mol. The van der Waals surface area contributed by atoms with Gasteiger partial charge in [0.1, 0.15) is 6.61 Å². The van der Waals surface area contributed by atoms with Crippen LogP contribution in [0.3, 0.4) is 0 Å². The molecule has 0 amide bonds. The van der Waals surface area contributed by atoms with Crippen molar-refractivity contribution in [1.82, 2.24) is 0 Å². The Morgan fingerprint density at radius 1 is 1.20 bits per heavy atom. The van der Waals surface area contributed by atoms with Gasteiger partial charge < -0.3 is 23.7 Å². The summed E-state index contributed by atoms with van der Waals surface area (Å²) < 4.78 is 26.6. The van der Waals surface area contributed by atoms with Crippen LogP contribution in [0.1, 0.15) is 22.8 Å². The summed E-state index contributed by atoms with van der Waals surface area (Å²) in [6.07, 6.45) is 0. The highest BCUT2D eigenvalue weighted by Crippen LogP contribution is 2.40. The molecule has 0 saturated heterocycles. The van der Waals surface area contributed by atoms with Gasteiger partial charge in [-0.05, 0) is 42.8 Å². The van der Waals surface area contributed by atoms with E-state index in [1.807, 2.05) is 6.92 Å². The van der Waals surface area contributed by atoms with Crippen molar-refractivity contribution in [2.45, 2.75) is 13.5 Å². The quantitative estimate of drug-likeness (QED) is 0.726. The average molecular weight is 365 g/mol. The van der Waals surface area contributed by atoms with Crippen LogP contribution in [-0.2, 0) is 11.3 Å². The molecule has 0 unspecified atom stereocenters. The Balaban J connectivity index is 1.71. The van der Waals surface area contributed by atoms with Gasteiger partial charge >= 0.3 is 5.97 Å². The Hall–Kier alpha value is -2.60. The standard InChI is InChI=1S/C18H17ClO6/c1-3-22-15-8-12(4-5-14(15)21-2)18(20)23-9-11-6-13(19)17-16(7-11)24-10-25-17/h4-8H,3,9-10H2,1-2H3. The Labute approximate surface area is 150 Å². The molecule has 0 fully saturated rings. The Morgan fingerprint density at radius 2 is 2.04 bits per heavy atom. The van der Waals surface area contributed by atoms with Gasteiger partial charge in [-0.25, -0.2) is 4.79 Å². The third-order valence-corrected chi connectivity index (χ3v) is 3.84. The zero-order chi connectivity index (χ0) is 17.8. The SMILES string of the molecule is CCOc1cc(C(=O)OCc2cc(Cl)c3c(c2)OCO3)ccc1OC. The number of esters is 1. The lowest BCUT2D eigenvalue weighted by atomic mass is 10.2. The average Bonchev–Trinajstić information content (AvgIpc) is 3.09. The predicted molar refractivity (Wildman–Crippen MR) is 90.9 cm³/mol. The van der Waals surface area contributed by atoms with Crippen molar-refractivity contribution < 1.29 is 28.5 Å². The van der Waals surface area contributed by atoms with Gasteiger partial charge in [-0.2, -0.15) is 0 Å². The molecule has 1 aliphatic rings. The molecule has 0 spiro atoms. The minimum absolute atomic E-state index is 0.0607. The number of halogens is 1. The molecule has 0 aliphatic carbocycles. The van der Waals surface area contributed by atoms with Crippen LogP contribution in [0.2, 0.25) is 5.02 Å². The highest BCUT2D eigenvalue weighted by atomic mass is 35.5. The summed E-state index contributed by atoms with van der Waals surface area (Å²) in [6.45, 7) is 2.51. The summed E-state index contributed by atoms with van der Waals surface area (Å²) in [6, 6.07) is 8.30. The maximum atomic E-state index is 12.3. The molecule has 2 aromatic rings. The van der Waals surface area contributed by atoms with Gasteiger partial charge in [0.05, 0.1) is 24.3 Å². The summed E-state index contributed by atoms with van der Waals surface area (Å²) in [5.74, 6) is 1.62. The van der Waals surface area contributed by atoms with Crippen LogP contribution in [-0.4, -0.2) is 26.5 Å². The van der Waals surface area contributed by atoms with E-state index in [2.05, 4.69) is 0 Å². The fourth-order valence-electron chi connectivity index (χ4n) is 2.41. The second-order valence-electron chi connectivity index (χ2n) is 5.19. The van der Waals surface area contributed by atoms with Crippen molar-refractivity contribution in [1.29, 1.82) is 0 Å². The molecular weight excluding hydrogens is 348 g/mol. The number of carbonyl (C=O) groups excluding carboxylic acids is 1. The second-order valence-corrected chi connectivity index (χ2v) is 5.59. The number of rotatable bonds is 6. The lowest BCUT2D eigenvalue weighted by molar-refractivity contribution is 0.0472. The first-order valence-corrected chi connectivity index (χ1v) is 8.06. The van der Waals surface area contributed by atoms with Crippen LogP contribution in [0.15, 0.2) is 30.3 Å². The van der Waals surface area contributed by atoms with Crippen molar-refractivity contribution in [3.63, 3.8) is 0 Å². The van der Waals surface area contributed by atoms with Gasteiger partial charge in [0.2, 0.25) is 6.79 Å². The molecule has 0 radical (unpaired) electrons. The summed E-state index contributed by atoms with van der Waals surface area (Å²) >= 11 is 6.12. The molecule has 0 atom stereocenters. The van der Waals surface area contributed by atoms with Crippen molar-refractivity contribution in [3.8, 4) is 23.0 Å². The van der Waals surface area contributed by atoms with E-state index in [-0.39, 0.29) is 13.4 Å². The van der Waals surface area contributed by atoms with E-state index in [1.54, 1.807) is 37.4 Å². The molecule has 0 bridgehead atoms. The Kier molecular flexibility index (Phi) is 5.19. The van der Waals surface area contributed by atoms with Gasteiger partial charge in [-0.3, -0.25) is 0 Å². The highest BCUT2D eigenvalue weighted by Gasteiger charge is 2.19. The smallest absolute Gasteiger partial charge is 0.338 e. The highest BCUT2D eigenvalue weighted by molar-refractivity contribution is 6.32. The number of benzene rings is 2. The molecule has 0 aromatic heterocycles. The molecule has 2 aromatic carbocycles. The topological polar surface area (TPSA) is 63.2 Å². The number of hydrogen-bond donors (Lipinski definition) is 0. The van der Waals surface area contributed by atoms with Crippen LogP contribution in [0.25, 0.3) is 0 Å². The summed E-state index contributed by atoms with van der Waals surface area (Å²) in [4.78, 5) is 12.3. The van der Waals surface area contributed by atoms with Crippen molar-refractivity contribution in [2.24, 2.45) is 0 Å². The molecular formula is C18H17ClO6. The lowest BCUT2D eigenvalue weighted by Crippen LogP contribution is -2.06. The first-order chi connectivity index (χ1) is 12.1. The number of carbonyl (C=O) groups is 1. The summed E-state index contributed by atoms with van der Waals surface area (Å²) in [5.41, 5.74) is 1.08. The van der Waals surface area contributed by atoms with Gasteiger partial charge in [0.25, 0.3) is 0 Å². The zero-order valence-corrected chi connectivity index (χ0v) is 14.6. The molecule has 0 saturated carbocycles. The van der Waals surface area contributed by atoms with E-state index in [0.29, 0.717) is 45.8 Å². The molecule has 7 heteroatoms. The van der Waals surface area contributed by atoms with E-state index >= 15 is 0 Å². The summed E-state index contributed by atoms with van der Waals surface area (Å²) in [7, 11) is 1.54. The number of fused-ring (bicyclic) bond motifs is 1. The molecule has 1 aliphatic heterocycles. The molecule has 6 nitrogen and oxygen atoms in total. The first kappa shape index (κ1) is 17.2. The Bertz CT molecular complexity index is 789. The van der Waals surface area contributed by atoms with E-state index in [4.69, 9.17) is 35.3 Å². The zero-order valence-electron chi connectivity index (χ0n) is 13.8. The minimum atomic E-state index is -0.475. The molecule has 132 valence electrons. The van der Waals surface area contributed by atoms with Crippen LogP contribution in [0, 0.1) is 0 Å². The predicted octanol–water partition coefficient (Wildman–Crippen LogP) is 3.83. The summed E-state index contributed by atoms with van der Waals surface area (Å²) in [5, 5.41) is 0.420. The second kappa shape index (κ2) is 7.53. The van der Waals surface area contributed by atoms with Crippen LogP contribution >= 0.6 is 11.6 Å². The number of methoxy groups -OCH3 is 1.